The number of nitrogens with one attached hydrogen (secondary N) is 1. The molecule has 0 fully saturated rings. The highest BCUT2D eigenvalue weighted by Gasteiger charge is 2.27. The molecule has 0 heterocycles. The van der Waals surface area contributed by atoms with Gasteiger partial charge in [0, 0.05) is 10.0 Å². The van der Waals surface area contributed by atoms with Crippen molar-refractivity contribution in [1.29, 1.82) is 0 Å². The minimum absolute atomic E-state index is 0.0424. The zero-order valence-electron chi connectivity index (χ0n) is 18.2. The van der Waals surface area contributed by atoms with Crippen molar-refractivity contribution in [2.24, 2.45) is 0 Å². The standard InChI is InChI=1S/C24H24Cl2N2O4S/c1-17-4-3-5-20(14-17)28(33(30,31)22-10-7-19(25)8-11-22)16-24(29)27-12-13-32-21-9-6-18(2)23(26)15-21/h3-11,14-15H,12-13,16H2,1-2H3,(H,27,29). The zero-order valence-corrected chi connectivity index (χ0v) is 20.5. The number of anilines is 1. The summed E-state index contributed by atoms with van der Waals surface area (Å²) in [5, 5.41) is 3.72. The van der Waals surface area contributed by atoms with Crippen LogP contribution in [0.5, 0.6) is 5.75 Å². The minimum atomic E-state index is -4.00. The first kappa shape index (κ1) is 24.9. The molecule has 0 aliphatic heterocycles. The number of hydrogen-bond donors (Lipinski definition) is 1. The van der Waals surface area contributed by atoms with Crippen molar-refractivity contribution < 1.29 is 17.9 Å². The van der Waals surface area contributed by atoms with Crippen LogP contribution >= 0.6 is 23.2 Å². The van der Waals surface area contributed by atoms with E-state index < -0.39 is 15.9 Å². The summed E-state index contributed by atoms with van der Waals surface area (Å²) in [6.07, 6.45) is 0. The van der Waals surface area contributed by atoms with Gasteiger partial charge in [-0.3, -0.25) is 9.10 Å². The predicted molar refractivity (Wildman–Crippen MR) is 132 cm³/mol. The van der Waals surface area contributed by atoms with E-state index >= 15 is 0 Å². The second kappa shape index (κ2) is 10.9. The van der Waals surface area contributed by atoms with E-state index in [2.05, 4.69) is 5.32 Å². The Hall–Kier alpha value is -2.74. The number of amides is 1. The van der Waals surface area contributed by atoms with E-state index in [1.54, 1.807) is 30.3 Å². The molecule has 0 saturated heterocycles. The highest BCUT2D eigenvalue weighted by Crippen LogP contribution is 2.25. The Balaban J connectivity index is 1.70. The number of benzene rings is 3. The molecule has 0 aliphatic rings. The summed E-state index contributed by atoms with van der Waals surface area (Å²) in [6, 6.07) is 18.1. The molecule has 174 valence electrons. The van der Waals surface area contributed by atoms with Crippen LogP contribution in [0.25, 0.3) is 0 Å². The van der Waals surface area contributed by atoms with Crippen molar-refractivity contribution >= 4 is 44.8 Å². The van der Waals surface area contributed by atoms with Gasteiger partial charge in [0.15, 0.2) is 0 Å². The molecule has 6 nitrogen and oxygen atoms in total. The quantitative estimate of drug-likeness (QED) is 0.414. The maximum Gasteiger partial charge on any atom is 0.264 e. The fourth-order valence-corrected chi connectivity index (χ4v) is 4.75. The van der Waals surface area contributed by atoms with Crippen molar-refractivity contribution in [2.45, 2.75) is 18.7 Å². The largest absolute Gasteiger partial charge is 0.492 e. The molecule has 0 aliphatic carbocycles. The van der Waals surface area contributed by atoms with Crippen molar-refractivity contribution in [2.75, 3.05) is 24.0 Å². The van der Waals surface area contributed by atoms with E-state index in [9.17, 15) is 13.2 Å². The normalized spacial score (nSPS) is 11.2. The molecule has 0 unspecified atom stereocenters. The van der Waals surface area contributed by atoms with Crippen LogP contribution in [-0.2, 0) is 14.8 Å². The number of rotatable bonds is 9. The minimum Gasteiger partial charge on any atom is -0.492 e. The van der Waals surface area contributed by atoms with Gasteiger partial charge >= 0.3 is 0 Å². The number of carbonyl (C=O) groups excluding carboxylic acids is 1. The summed E-state index contributed by atoms with van der Waals surface area (Å²) in [5.41, 5.74) is 2.20. The Morgan fingerprint density at radius 1 is 1.00 bits per heavy atom. The summed E-state index contributed by atoms with van der Waals surface area (Å²) in [4.78, 5) is 12.7. The molecular formula is C24H24Cl2N2O4S. The molecule has 0 atom stereocenters. The Kier molecular flexibility index (Phi) is 8.24. The van der Waals surface area contributed by atoms with Gasteiger partial charge in [0.1, 0.15) is 18.9 Å². The lowest BCUT2D eigenvalue weighted by molar-refractivity contribution is -0.119. The lowest BCUT2D eigenvalue weighted by atomic mass is 10.2. The Bertz CT molecular complexity index is 1230. The number of hydrogen-bond acceptors (Lipinski definition) is 4. The summed E-state index contributed by atoms with van der Waals surface area (Å²) >= 11 is 12.0. The van der Waals surface area contributed by atoms with Gasteiger partial charge in [0.2, 0.25) is 5.91 Å². The third-order valence-corrected chi connectivity index (χ3v) is 7.26. The number of sulfonamides is 1. The van der Waals surface area contributed by atoms with Crippen LogP contribution in [0.4, 0.5) is 5.69 Å². The summed E-state index contributed by atoms with van der Waals surface area (Å²) < 4.78 is 33.3. The lowest BCUT2D eigenvalue weighted by Crippen LogP contribution is -2.42. The molecule has 9 heteroatoms. The fourth-order valence-electron chi connectivity index (χ4n) is 3.04. The average molecular weight is 507 g/mol. The molecule has 0 aromatic heterocycles. The zero-order chi connectivity index (χ0) is 24.0. The highest BCUT2D eigenvalue weighted by molar-refractivity contribution is 7.92. The van der Waals surface area contributed by atoms with Crippen molar-refractivity contribution in [3.8, 4) is 5.75 Å². The second-order valence-corrected chi connectivity index (χ2v) is 10.1. The maximum atomic E-state index is 13.3. The van der Waals surface area contributed by atoms with E-state index in [1.165, 1.54) is 24.3 Å². The van der Waals surface area contributed by atoms with E-state index in [1.807, 2.05) is 26.0 Å². The van der Waals surface area contributed by atoms with Crippen LogP contribution in [0, 0.1) is 13.8 Å². The maximum absolute atomic E-state index is 13.3. The van der Waals surface area contributed by atoms with Crippen LogP contribution in [-0.4, -0.2) is 34.0 Å². The monoisotopic (exact) mass is 506 g/mol. The Morgan fingerprint density at radius 2 is 1.73 bits per heavy atom. The molecular weight excluding hydrogens is 483 g/mol. The predicted octanol–water partition coefficient (Wildman–Crippen LogP) is 5.00. The van der Waals surface area contributed by atoms with Crippen LogP contribution in [0.3, 0.4) is 0 Å². The molecule has 0 spiro atoms. The van der Waals surface area contributed by atoms with E-state index in [4.69, 9.17) is 27.9 Å². The first-order chi connectivity index (χ1) is 15.7. The first-order valence-electron chi connectivity index (χ1n) is 10.2. The van der Waals surface area contributed by atoms with Crippen LogP contribution < -0.4 is 14.4 Å². The number of halogens is 2. The molecule has 3 aromatic rings. The second-order valence-electron chi connectivity index (χ2n) is 7.41. The third-order valence-electron chi connectivity index (χ3n) is 4.81. The number of ether oxygens (including phenoxy) is 1. The Labute approximate surface area is 204 Å². The van der Waals surface area contributed by atoms with Crippen molar-refractivity contribution in [3.05, 3.63) is 87.9 Å². The van der Waals surface area contributed by atoms with Crippen molar-refractivity contribution in [3.63, 3.8) is 0 Å². The smallest absolute Gasteiger partial charge is 0.264 e. The first-order valence-corrected chi connectivity index (χ1v) is 12.4. The van der Waals surface area contributed by atoms with Gasteiger partial charge in [-0.2, -0.15) is 0 Å². The summed E-state index contributed by atoms with van der Waals surface area (Å²) in [7, 11) is -4.00. The van der Waals surface area contributed by atoms with Gasteiger partial charge in [-0.1, -0.05) is 41.4 Å². The van der Waals surface area contributed by atoms with Gasteiger partial charge in [-0.15, -0.1) is 0 Å². The van der Waals surface area contributed by atoms with Gasteiger partial charge in [0.25, 0.3) is 10.0 Å². The molecule has 3 aromatic carbocycles. The summed E-state index contributed by atoms with van der Waals surface area (Å²) in [5.74, 6) is 0.131. The molecule has 33 heavy (non-hydrogen) atoms. The van der Waals surface area contributed by atoms with Crippen LogP contribution in [0.1, 0.15) is 11.1 Å². The molecule has 0 saturated carbocycles. The fraction of sp³-hybridized carbons (Fsp3) is 0.208. The van der Waals surface area contributed by atoms with Crippen LogP contribution in [0.15, 0.2) is 71.6 Å². The van der Waals surface area contributed by atoms with Gasteiger partial charge in [0.05, 0.1) is 17.1 Å². The molecule has 3 rings (SSSR count). The summed E-state index contributed by atoms with van der Waals surface area (Å²) in [6.45, 7) is 3.77. The third kappa shape index (κ3) is 6.63. The SMILES string of the molecule is Cc1cccc(N(CC(=O)NCCOc2ccc(C)c(Cl)c2)S(=O)(=O)c2ccc(Cl)cc2)c1. The number of nitrogens with zero attached hydrogens (tertiary/aromatic N) is 1. The van der Waals surface area contributed by atoms with Gasteiger partial charge < -0.3 is 10.1 Å². The molecule has 1 amide bonds. The molecule has 0 bridgehead atoms. The van der Waals surface area contributed by atoms with Gasteiger partial charge in [-0.25, -0.2) is 8.42 Å². The Morgan fingerprint density at radius 3 is 2.39 bits per heavy atom. The van der Waals surface area contributed by atoms with Gasteiger partial charge in [-0.05, 0) is 73.5 Å². The highest BCUT2D eigenvalue weighted by atomic mass is 35.5. The van der Waals surface area contributed by atoms with Crippen molar-refractivity contribution in [1.82, 2.24) is 5.32 Å². The molecule has 0 radical (unpaired) electrons. The van der Waals surface area contributed by atoms with Crippen LogP contribution in [0.2, 0.25) is 10.0 Å². The lowest BCUT2D eigenvalue weighted by Gasteiger charge is -2.24. The number of carbonyl (C=O) groups is 1. The molecule has 1 N–H and O–H groups in total. The number of aryl methyl sites for hydroxylation is 2. The van der Waals surface area contributed by atoms with E-state index in [-0.39, 0.29) is 24.6 Å². The topological polar surface area (TPSA) is 75.7 Å². The van der Waals surface area contributed by atoms with E-state index in [0.29, 0.717) is 21.5 Å². The average Bonchev–Trinajstić information content (AvgIpc) is 2.77. The van der Waals surface area contributed by atoms with E-state index in [0.717, 1.165) is 15.4 Å².